The minimum absolute atomic E-state index is 0.0988. The second-order valence-electron chi connectivity index (χ2n) is 6.02. The van der Waals surface area contributed by atoms with Crippen LogP contribution >= 0.6 is 11.3 Å². The van der Waals surface area contributed by atoms with Gasteiger partial charge in [-0.3, -0.25) is 19.0 Å². The number of hydrogen-bond donors (Lipinski definition) is 1. The molecular formula is C19H18N4O3S. The van der Waals surface area contributed by atoms with E-state index in [1.807, 2.05) is 30.3 Å². The first kappa shape index (κ1) is 18.7. The number of benzene rings is 1. The quantitative estimate of drug-likeness (QED) is 0.685. The Kier molecular flexibility index (Phi) is 5.27. The molecule has 0 atom stereocenters. The summed E-state index contributed by atoms with van der Waals surface area (Å²) in [4.78, 5) is 45.4. The number of anilines is 1. The zero-order valence-corrected chi connectivity index (χ0v) is 16.0. The van der Waals surface area contributed by atoms with E-state index in [0.717, 1.165) is 16.9 Å². The molecule has 27 heavy (non-hydrogen) atoms. The van der Waals surface area contributed by atoms with E-state index in [9.17, 15) is 14.4 Å². The molecule has 0 aliphatic carbocycles. The van der Waals surface area contributed by atoms with Crippen LogP contribution in [0.1, 0.15) is 28.1 Å². The van der Waals surface area contributed by atoms with Gasteiger partial charge in [0.15, 0.2) is 10.9 Å². The standard InChI is InChI=1S/C19H18N4O3S/c1-11-18(12(2)24)27-19(20-11)22-16(25)10-23-13(3)21-15(9-17(23)26)14-7-5-4-6-8-14/h4-9H,10H2,1-3H3,(H,20,22,25). The summed E-state index contributed by atoms with van der Waals surface area (Å²) >= 11 is 1.12. The summed E-state index contributed by atoms with van der Waals surface area (Å²) < 4.78 is 1.30. The molecule has 8 heteroatoms. The highest BCUT2D eigenvalue weighted by molar-refractivity contribution is 7.17. The van der Waals surface area contributed by atoms with E-state index in [1.165, 1.54) is 17.6 Å². The predicted molar refractivity (Wildman–Crippen MR) is 104 cm³/mol. The normalized spacial score (nSPS) is 10.6. The molecule has 1 N–H and O–H groups in total. The lowest BCUT2D eigenvalue weighted by Crippen LogP contribution is -2.29. The Labute approximate surface area is 159 Å². The third kappa shape index (κ3) is 4.17. The monoisotopic (exact) mass is 382 g/mol. The molecule has 7 nitrogen and oxygen atoms in total. The van der Waals surface area contributed by atoms with Gasteiger partial charge < -0.3 is 5.32 Å². The molecule has 2 heterocycles. The van der Waals surface area contributed by atoms with Crippen LogP contribution in [0, 0.1) is 13.8 Å². The second kappa shape index (κ2) is 7.63. The van der Waals surface area contributed by atoms with Crippen molar-refractivity contribution in [3.05, 3.63) is 63.1 Å². The summed E-state index contributed by atoms with van der Waals surface area (Å²) in [6.45, 7) is 4.67. The number of ketones is 1. The molecule has 0 radical (unpaired) electrons. The van der Waals surface area contributed by atoms with Gasteiger partial charge in [-0.1, -0.05) is 41.7 Å². The Morgan fingerprint density at radius 2 is 1.85 bits per heavy atom. The lowest BCUT2D eigenvalue weighted by atomic mass is 10.1. The molecular weight excluding hydrogens is 364 g/mol. The maximum atomic E-state index is 12.5. The van der Waals surface area contributed by atoms with Crippen LogP contribution < -0.4 is 10.9 Å². The number of nitrogens with zero attached hydrogens (tertiary/aromatic N) is 3. The van der Waals surface area contributed by atoms with Gasteiger partial charge in [0.25, 0.3) is 5.56 Å². The molecule has 3 aromatic rings. The first-order chi connectivity index (χ1) is 12.8. The molecule has 1 aromatic carbocycles. The van der Waals surface area contributed by atoms with E-state index in [2.05, 4.69) is 15.3 Å². The predicted octanol–water partition coefficient (Wildman–Crippen LogP) is 2.82. The number of amides is 1. The van der Waals surface area contributed by atoms with E-state index in [-0.39, 0.29) is 17.9 Å². The number of aryl methyl sites for hydroxylation is 2. The molecule has 0 aliphatic rings. The average molecular weight is 382 g/mol. The topological polar surface area (TPSA) is 94.0 Å². The van der Waals surface area contributed by atoms with Crippen molar-refractivity contribution in [2.24, 2.45) is 0 Å². The van der Waals surface area contributed by atoms with Gasteiger partial charge >= 0.3 is 0 Å². The molecule has 1 amide bonds. The van der Waals surface area contributed by atoms with E-state index in [1.54, 1.807) is 13.8 Å². The molecule has 0 saturated carbocycles. The number of hydrogen-bond acceptors (Lipinski definition) is 6. The van der Waals surface area contributed by atoms with Gasteiger partial charge in [0, 0.05) is 18.6 Å². The summed E-state index contributed by atoms with van der Waals surface area (Å²) in [5.41, 5.74) is 1.67. The highest BCUT2D eigenvalue weighted by Gasteiger charge is 2.15. The lowest BCUT2D eigenvalue weighted by Gasteiger charge is -2.10. The average Bonchev–Trinajstić information content (AvgIpc) is 2.99. The number of rotatable bonds is 5. The maximum absolute atomic E-state index is 12.5. The van der Waals surface area contributed by atoms with Gasteiger partial charge in [-0.15, -0.1) is 0 Å². The molecule has 138 valence electrons. The molecule has 0 spiro atoms. The number of thiazole rings is 1. The van der Waals surface area contributed by atoms with Crippen molar-refractivity contribution in [3.63, 3.8) is 0 Å². The third-order valence-electron chi connectivity index (χ3n) is 3.93. The maximum Gasteiger partial charge on any atom is 0.254 e. The van der Waals surface area contributed by atoms with E-state index >= 15 is 0 Å². The summed E-state index contributed by atoms with van der Waals surface area (Å²) in [7, 11) is 0. The van der Waals surface area contributed by atoms with Crippen molar-refractivity contribution in [1.82, 2.24) is 14.5 Å². The van der Waals surface area contributed by atoms with Crippen LogP contribution in [0.25, 0.3) is 11.3 Å². The van der Waals surface area contributed by atoms with Crippen LogP contribution in [-0.2, 0) is 11.3 Å². The molecule has 2 aromatic heterocycles. The third-order valence-corrected chi connectivity index (χ3v) is 5.11. The van der Waals surface area contributed by atoms with Gasteiger partial charge in [-0.05, 0) is 13.8 Å². The molecule has 3 rings (SSSR count). The van der Waals surface area contributed by atoms with Gasteiger partial charge in [-0.2, -0.15) is 0 Å². The summed E-state index contributed by atoms with van der Waals surface area (Å²) in [5.74, 6) is -0.0622. The zero-order valence-electron chi connectivity index (χ0n) is 15.1. The molecule has 0 unspecified atom stereocenters. The van der Waals surface area contributed by atoms with Gasteiger partial charge in [-0.25, -0.2) is 9.97 Å². The van der Waals surface area contributed by atoms with Gasteiger partial charge in [0.05, 0.1) is 16.3 Å². The number of nitrogens with one attached hydrogen (secondary N) is 1. The fourth-order valence-electron chi connectivity index (χ4n) is 2.65. The van der Waals surface area contributed by atoms with Crippen LogP contribution in [0.15, 0.2) is 41.2 Å². The second-order valence-corrected chi connectivity index (χ2v) is 7.02. The van der Waals surface area contributed by atoms with Crippen LogP contribution in [-0.4, -0.2) is 26.2 Å². The van der Waals surface area contributed by atoms with Gasteiger partial charge in [0.1, 0.15) is 12.4 Å². The smallest absolute Gasteiger partial charge is 0.254 e. The number of carbonyl (C=O) groups excluding carboxylic acids is 2. The SMILES string of the molecule is CC(=O)c1sc(NC(=O)Cn2c(C)nc(-c3ccccc3)cc2=O)nc1C. The minimum atomic E-state index is -0.404. The van der Waals surface area contributed by atoms with E-state index < -0.39 is 5.91 Å². The van der Waals surface area contributed by atoms with Crippen molar-refractivity contribution >= 4 is 28.2 Å². The molecule has 0 saturated heterocycles. The van der Waals surface area contributed by atoms with E-state index in [0.29, 0.717) is 27.2 Å². The zero-order chi connectivity index (χ0) is 19.6. The van der Waals surface area contributed by atoms with Crippen LogP contribution in [0.5, 0.6) is 0 Å². The van der Waals surface area contributed by atoms with Crippen molar-refractivity contribution in [1.29, 1.82) is 0 Å². The Bertz CT molecular complexity index is 1070. The van der Waals surface area contributed by atoms with Crippen LogP contribution in [0.3, 0.4) is 0 Å². The van der Waals surface area contributed by atoms with Crippen molar-refractivity contribution in [2.75, 3.05) is 5.32 Å². The number of aromatic nitrogens is 3. The van der Waals surface area contributed by atoms with Gasteiger partial charge in [0.2, 0.25) is 5.91 Å². The van der Waals surface area contributed by atoms with Crippen molar-refractivity contribution in [3.8, 4) is 11.3 Å². The largest absolute Gasteiger partial charge is 0.300 e. The number of Topliss-reactive ketones (excluding diaryl/α,β-unsaturated/α-hetero) is 1. The highest BCUT2D eigenvalue weighted by atomic mass is 32.1. The molecule has 0 aliphatic heterocycles. The van der Waals surface area contributed by atoms with Crippen LogP contribution in [0.2, 0.25) is 0 Å². The molecule has 0 bridgehead atoms. The Balaban J connectivity index is 1.79. The van der Waals surface area contributed by atoms with Crippen LogP contribution in [0.4, 0.5) is 5.13 Å². The van der Waals surface area contributed by atoms with E-state index in [4.69, 9.17) is 0 Å². The fraction of sp³-hybridized carbons (Fsp3) is 0.211. The summed E-state index contributed by atoms with van der Waals surface area (Å²) in [6, 6.07) is 10.8. The minimum Gasteiger partial charge on any atom is -0.300 e. The number of carbonyl (C=O) groups is 2. The lowest BCUT2D eigenvalue weighted by molar-refractivity contribution is -0.116. The summed E-state index contributed by atoms with van der Waals surface area (Å²) in [5, 5.41) is 2.97. The highest BCUT2D eigenvalue weighted by Crippen LogP contribution is 2.23. The first-order valence-corrected chi connectivity index (χ1v) is 9.09. The summed E-state index contributed by atoms with van der Waals surface area (Å²) in [6.07, 6.45) is 0. The van der Waals surface area contributed by atoms with Crippen molar-refractivity contribution < 1.29 is 9.59 Å². The fourth-order valence-corrected chi connectivity index (χ4v) is 3.53. The Hall–Kier alpha value is -3.13. The molecule has 0 fully saturated rings. The Morgan fingerprint density at radius 1 is 1.15 bits per heavy atom. The van der Waals surface area contributed by atoms with Crippen molar-refractivity contribution in [2.45, 2.75) is 27.3 Å². The first-order valence-electron chi connectivity index (χ1n) is 8.27. The Morgan fingerprint density at radius 3 is 2.44 bits per heavy atom.